The molecule has 1 unspecified atom stereocenters. The Kier molecular flexibility index (Phi) is 6.72. The highest BCUT2D eigenvalue weighted by molar-refractivity contribution is 7.86. The molecule has 0 saturated carbocycles. The van der Waals surface area contributed by atoms with Crippen LogP contribution >= 0.6 is 23.2 Å². The normalized spacial score (nSPS) is 15.1. The highest BCUT2D eigenvalue weighted by Gasteiger charge is 2.34. The molecule has 0 aliphatic heterocycles. The average molecular weight is 369 g/mol. The smallest absolute Gasteiger partial charge is 0.267 e. The minimum Gasteiger partial charge on any atom is -0.383 e. The topological polar surface area (TPSA) is 63.6 Å². The molecule has 0 bridgehead atoms. The van der Waals surface area contributed by atoms with Crippen LogP contribution in [-0.4, -0.2) is 30.7 Å². The van der Waals surface area contributed by atoms with E-state index in [2.05, 4.69) is 0 Å². The van der Waals surface area contributed by atoms with E-state index >= 15 is 0 Å². The van der Waals surface area contributed by atoms with Crippen molar-refractivity contribution < 1.29 is 17.7 Å². The van der Waals surface area contributed by atoms with Crippen LogP contribution in [0, 0.1) is 20.8 Å². The van der Waals surface area contributed by atoms with Crippen molar-refractivity contribution >= 4 is 33.3 Å². The summed E-state index contributed by atoms with van der Waals surface area (Å²) in [5.74, 6) is -0.166. The van der Waals surface area contributed by atoms with Gasteiger partial charge in [0.15, 0.2) is 0 Å². The van der Waals surface area contributed by atoms with Gasteiger partial charge in [-0.15, -0.1) is 23.2 Å². The molecule has 1 atom stereocenters. The maximum atomic E-state index is 11.6. The highest BCUT2D eigenvalue weighted by atomic mass is 35.5. The summed E-state index contributed by atoms with van der Waals surface area (Å²) < 4.78 is 28.0. The number of hydrogen-bond acceptors (Lipinski definition) is 4. The van der Waals surface area contributed by atoms with Gasteiger partial charge in [-0.25, -0.2) is 0 Å². The molecule has 1 rings (SSSR count). The Labute approximate surface area is 142 Å². The number of alkyl halides is 2. The van der Waals surface area contributed by atoms with Crippen LogP contribution in [0.3, 0.4) is 0 Å². The number of aryl methyl sites for hydroxylation is 2. The molecule has 0 saturated heterocycles. The van der Waals surface area contributed by atoms with Crippen molar-refractivity contribution in [3.63, 3.8) is 0 Å². The first-order valence-corrected chi connectivity index (χ1v) is 9.41. The zero-order chi connectivity index (χ0) is 17.1. The fourth-order valence-corrected chi connectivity index (χ4v) is 3.14. The van der Waals surface area contributed by atoms with Gasteiger partial charge >= 0.3 is 0 Å². The first-order chi connectivity index (χ1) is 10.0. The van der Waals surface area contributed by atoms with E-state index in [9.17, 15) is 13.5 Å². The molecule has 0 radical (unpaired) electrons. The number of benzene rings is 1. The van der Waals surface area contributed by atoms with E-state index in [4.69, 9.17) is 27.4 Å². The van der Waals surface area contributed by atoms with Gasteiger partial charge in [0, 0.05) is 6.42 Å². The average Bonchev–Trinajstić information content (AvgIpc) is 2.41. The van der Waals surface area contributed by atoms with Crippen molar-refractivity contribution in [3.05, 3.63) is 34.4 Å². The van der Waals surface area contributed by atoms with Crippen molar-refractivity contribution in [3.8, 4) is 0 Å². The molecule has 4 nitrogen and oxygen atoms in total. The molecule has 0 heterocycles. The molecule has 0 spiro atoms. The standard InChI is InChI=1S/C15H22Cl2O4S/c1-5-22(19,20)21-9-15(18,8-14(16)17)13-6-10(2)12(4)11(3)7-13/h6-7,14,18H,5,8-9H2,1-4H3. The van der Waals surface area contributed by atoms with Crippen molar-refractivity contribution in [2.75, 3.05) is 12.4 Å². The Morgan fingerprint density at radius 1 is 1.23 bits per heavy atom. The monoisotopic (exact) mass is 368 g/mol. The molecule has 0 fully saturated rings. The second kappa shape index (κ2) is 7.49. The molecule has 1 aromatic carbocycles. The summed E-state index contributed by atoms with van der Waals surface area (Å²) in [6, 6.07) is 3.61. The number of rotatable bonds is 7. The van der Waals surface area contributed by atoms with Gasteiger partial charge in [-0.05, 0) is 49.9 Å². The third-order valence-electron chi connectivity index (χ3n) is 3.79. The van der Waals surface area contributed by atoms with Crippen molar-refractivity contribution in [2.45, 2.75) is 44.6 Å². The molecule has 1 N–H and O–H groups in total. The van der Waals surface area contributed by atoms with Crippen LogP contribution in [0.5, 0.6) is 0 Å². The van der Waals surface area contributed by atoms with E-state index in [1.165, 1.54) is 6.92 Å². The largest absolute Gasteiger partial charge is 0.383 e. The fourth-order valence-electron chi connectivity index (χ4n) is 2.09. The molecule has 0 amide bonds. The van der Waals surface area contributed by atoms with Crippen molar-refractivity contribution in [1.29, 1.82) is 0 Å². The van der Waals surface area contributed by atoms with E-state index in [0.717, 1.165) is 16.7 Å². The van der Waals surface area contributed by atoms with Crippen LogP contribution in [0.15, 0.2) is 12.1 Å². The van der Waals surface area contributed by atoms with Crippen molar-refractivity contribution in [2.24, 2.45) is 0 Å². The molecule has 0 aliphatic carbocycles. The first-order valence-electron chi connectivity index (χ1n) is 6.96. The van der Waals surface area contributed by atoms with Crippen molar-refractivity contribution in [1.82, 2.24) is 0 Å². The van der Waals surface area contributed by atoms with Crippen LogP contribution in [-0.2, 0) is 19.9 Å². The van der Waals surface area contributed by atoms with Gasteiger partial charge < -0.3 is 5.11 Å². The van der Waals surface area contributed by atoms with Gasteiger partial charge in [0.1, 0.15) is 10.4 Å². The summed E-state index contributed by atoms with van der Waals surface area (Å²) in [6.45, 7) is 6.89. The molecular weight excluding hydrogens is 347 g/mol. The lowest BCUT2D eigenvalue weighted by molar-refractivity contribution is -0.0122. The molecule has 7 heteroatoms. The quantitative estimate of drug-likeness (QED) is 0.591. The number of hydrogen-bond donors (Lipinski definition) is 1. The summed E-state index contributed by atoms with van der Waals surface area (Å²) in [5.41, 5.74) is 2.08. The van der Waals surface area contributed by atoms with Crippen LogP contribution in [0.4, 0.5) is 0 Å². The lowest BCUT2D eigenvalue weighted by Crippen LogP contribution is -2.35. The summed E-state index contributed by atoms with van der Waals surface area (Å²) >= 11 is 11.6. The lowest BCUT2D eigenvalue weighted by atomic mass is 9.88. The maximum absolute atomic E-state index is 11.6. The van der Waals surface area contributed by atoms with E-state index in [-0.39, 0.29) is 12.2 Å². The lowest BCUT2D eigenvalue weighted by Gasteiger charge is -2.30. The van der Waals surface area contributed by atoms with E-state index in [0.29, 0.717) is 5.56 Å². The fraction of sp³-hybridized carbons (Fsp3) is 0.600. The molecule has 1 aromatic rings. The second-order valence-electron chi connectivity index (χ2n) is 5.47. The van der Waals surface area contributed by atoms with Crippen LogP contribution in [0.1, 0.15) is 35.6 Å². The SMILES string of the molecule is CCS(=O)(=O)OCC(O)(CC(Cl)Cl)c1cc(C)c(C)c(C)c1. The van der Waals surface area contributed by atoms with Gasteiger partial charge in [-0.2, -0.15) is 8.42 Å². The Bertz CT molecular complexity index is 605. The molecule has 22 heavy (non-hydrogen) atoms. The zero-order valence-corrected chi connectivity index (χ0v) is 15.5. The molecular formula is C15H22Cl2O4S. The molecule has 0 aromatic heterocycles. The van der Waals surface area contributed by atoms with Gasteiger partial charge in [0.05, 0.1) is 12.4 Å². The predicted octanol–water partition coefficient (Wildman–Crippen LogP) is 3.36. The summed E-state index contributed by atoms with van der Waals surface area (Å²) in [6.07, 6.45) is -0.0305. The van der Waals surface area contributed by atoms with Crippen LogP contribution < -0.4 is 0 Å². The van der Waals surface area contributed by atoms with Gasteiger partial charge in [0.2, 0.25) is 0 Å². The third kappa shape index (κ3) is 5.10. The summed E-state index contributed by atoms with van der Waals surface area (Å²) in [4.78, 5) is -0.847. The second-order valence-corrected chi connectivity index (χ2v) is 8.68. The first kappa shape index (κ1) is 19.7. The number of aliphatic hydroxyl groups is 1. The summed E-state index contributed by atoms with van der Waals surface area (Å²) in [5, 5.41) is 10.9. The highest BCUT2D eigenvalue weighted by Crippen LogP contribution is 2.33. The Hall–Kier alpha value is -0.330. The van der Waals surface area contributed by atoms with E-state index < -0.39 is 27.2 Å². The Morgan fingerprint density at radius 3 is 2.14 bits per heavy atom. The Morgan fingerprint density at radius 2 is 1.73 bits per heavy atom. The summed E-state index contributed by atoms with van der Waals surface area (Å²) in [7, 11) is -3.67. The molecule has 0 aliphatic rings. The maximum Gasteiger partial charge on any atom is 0.267 e. The van der Waals surface area contributed by atoms with Crippen LogP contribution in [0.25, 0.3) is 0 Å². The predicted molar refractivity (Wildman–Crippen MR) is 90.1 cm³/mol. The Balaban J connectivity index is 3.22. The minimum absolute atomic E-state index is 0.0305. The van der Waals surface area contributed by atoms with E-state index in [1.54, 1.807) is 12.1 Å². The van der Waals surface area contributed by atoms with Gasteiger partial charge in [-0.3, -0.25) is 4.18 Å². The van der Waals surface area contributed by atoms with E-state index in [1.807, 2.05) is 20.8 Å². The number of halogens is 2. The van der Waals surface area contributed by atoms with Crippen LogP contribution in [0.2, 0.25) is 0 Å². The third-order valence-corrected chi connectivity index (χ3v) is 5.28. The zero-order valence-electron chi connectivity index (χ0n) is 13.2. The van der Waals surface area contributed by atoms with Gasteiger partial charge in [0.25, 0.3) is 10.1 Å². The molecule has 126 valence electrons. The minimum atomic E-state index is -3.67. The van der Waals surface area contributed by atoms with Gasteiger partial charge in [-0.1, -0.05) is 12.1 Å².